The number of nitrogens with zero attached hydrogens (tertiary/aromatic N) is 1. The summed E-state index contributed by atoms with van der Waals surface area (Å²) in [5.74, 6) is 0.381. The van der Waals surface area contributed by atoms with Crippen LogP contribution in [0.25, 0.3) is 0 Å². The van der Waals surface area contributed by atoms with E-state index in [-0.39, 0.29) is 5.91 Å². The molecule has 1 amide bonds. The van der Waals surface area contributed by atoms with E-state index in [2.05, 4.69) is 0 Å². The van der Waals surface area contributed by atoms with Crippen LogP contribution in [0.1, 0.15) is 5.56 Å². The van der Waals surface area contributed by atoms with Crippen molar-refractivity contribution in [2.75, 3.05) is 32.6 Å². The molecule has 0 bridgehead atoms. The van der Waals surface area contributed by atoms with Crippen LogP contribution >= 0.6 is 0 Å². The highest BCUT2D eigenvalue weighted by Gasteiger charge is 2.28. The smallest absolute Gasteiger partial charge is 0.237 e. The summed E-state index contributed by atoms with van der Waals surface area (Å²) in [4.78, 5) is 13.4. The van der Waals surface area contributed by atoms with Gasteiger partial charge in [-0.3, -0.25) is 9.69 Å². The van der Waals surface area contributed by atoms with Crippen LogP contribution in [0.15, 0.2) is 18.2 Å². The molecule has 6 nitrogen and oxygen atoms in total. The molecular weight excluding hydrogens is 246 g/mol. The first-order valence-electron chi connectivity index (χ1n) is 6.15. The van der Waals surface area contributed by atoms with Gasteiger partial charge in [-0.05, 0) is 18.2 Å². The Morgan fingerprint density at radius 2 is 2.37 bits per heavy atom. The lowest BCUT2D eigenvalue weighted by Crippen LogP contribution is -2.51. The Morgan fingerprint density at radius 3 is 3.05 bits per heavy atom. The van der Waals surface area contributed by atoms with Gasteiger partial charge in [-0.1, -0.05) is 0 Å². The molecule has 1 unspecified atom stereocenters. The third-order valence-electron chi connectivity index (χ3n) is 3.25. The molecule has 1 aliphatic rings. The Balaban J connectivity index is 2.18. The Labute approximate surface area is 112 Å². The number of primary amides is 1. The fourth-order valence-corrected chi connectivity index (χ4v) is 2.23. The van der Waals surface area contributed by atoms with E-state index in [1.54, 1.807) is 13.2 Å². The van der Waals surface area contributed by atoms with Crippen molar-refractivity contribution >= 4 is 11.6 Å². The van der Waals surface area contributed by atoms with Gasteiger partial charge in [-0.15, -0.1) is 0 Å². The molecule has 19 heavy (non-hydrogen) atoms. The van der Waals surface area contributed by atoms with Crippen molar-refractivity contribution in [2.24, 2.45) is 5.73 Å². The molecule has 0 spiro atoms. The van der Waals surface area contributed by atoms with Crippen LogP contribution in [0.2, 0.25) is 0 Å². The first-order valence-corrected chi connectivity index (χ1v) is 6.15. The number of nitrogen functional groups attached to an aromatic ring is 1. The fraction of sp³-hybridized carbons (Fsp3) is 0.462. The molecule has 1 aromatic rings. The SMILES string of the molecule is COc1ccc(N)cc1CN1CCOCC1C(N)=O. The summed E-state index contributed by atoms with van der Waals surface area (Å²) in [6, 6.07) is 5.06. The van der Waals surface area contributed by atoms with E-state index in [4.69, 9.17) is 20.9 Å². The zero-order chi connectivity index (χ0) is 13.8. The van der Waals surface area contributed by atoms with Crippen LogP contribution in [0.4, 0.5) is 5.69 Å². The van der Waals surface area contributed by atoms with Gasteiger partial charge < -0.3 is 20.9 Å². The maximum atomic E-state index is 11.4. The highest BCUT2D eigenvalue weighted by Crippen LogP contribution is 2.24. The molecule has 0 radical (unpaired) electrons. The first kappa shape index (κ1) is 13.6. The van der Waals surface area contributed by atoms with Gasteiger partial charge in [0, 0.05) is 24.3 Å². The van der Waals surface area contributed by atoms with E-state index >= 15 is 0 Å². The molecule has 0 aromatic heterocycles. The van der Waals surface area contributed by atoms with Crippen LogP contribution in [-0.2, 0) is 16.1 Å². The van der Waals surface area contributed by atoms with Gasteiger partial charge in [0.2, 0.25) is 5.91 Å². The Bertz CT molecular complexity index is 464. The molecule has 1 heterocycles. The molecule has 0 aliphatic carbocycles. The van der Waals surface area contributed by atoms with E-state index < -0.39 is 6.04 Å². The average molecular weight is 265 g/mol. The molecular formula is C13H19N3O3. The minimum atomic E-state index is -0.403. The molecule has 1 atom stereocenters. The van der Waals surface area contributed by atoms with Gasteiger partial charge >= 0.3 is 0 Å². The molecule has 1 saturated heterocycles. The minimum absolute atomic E-state index is 0.333. The number of methoxy groups -OCH3 is 1. The predicted molar refractivity (Wildman–Crippen MR) is 71.6 cm³/mol. The molecule has 6 heteroatoms. The lowest BCUT2D eigenvalue weighted by atomic mass is 10.1. The normalized spacial score (nSPS) is 20.2. The molecule has 1 aromatic carbocycles. The van der Waals surface area contributed by atoms with Gasteiger partial charge in [0.1, 0.15) is 11.8 Å². The van der Waals surface area contributed by atoms with Gasteiger partial charge in [-0.25, -0.2) is 0 Å². The number of nitrogens with two attached hydrogens (primary N) is 2. The van der Waals surface area contributed by atoms with Crippen LogP contribution in [0, 0.1) is 0 Å². The second-order valence-electron chi connectivity index (χ2n) is 4.53. The largest absolute Gasteiger partial charge is 0.496 e. The van der Waals surface area contributed by atoms with Gasteiger partial charge in [0.25, 0.3) is 0 Å². The molecule has 4 N–H and O–H groups in total. The average Bonchev–Trinajstić information content (AvgIpc) is 2.39. The fourth-order valence-electron chi connectivity index (χ4n) is 2.23. The summed E-state index contributed by atoms with van der Waals surface area (Å²) in [5.41, 5.74) is 12.8. The molecule has 1 fully saturated rings. The third-order valence-corrected chi connectivity index (χ3v) is 3.25. The summed E-state index contributed by atoms with van der Waals surface area (Å²) in [6.45, 7) is 2.14. The van der Waals surface area contributed by atoms with Crippen LogP contribution in [-0.4, -0.2) is 43.7 Å². The third kappa shape index (κ3) is 3.15. The number of benzene rings is 1. The second kappa shape index (κ2) is 5.90. The quantitative estimate of drug-likeness (QED) is 0.746. The summed E-state index contributed by atoms with van der Waals surface area (Å²) in [7, 11) is 1.61. The van der Waals surface area contributed by atoms with Crippen molar-refractivity contribution in [1.29, 1.82) is 0 Å². The van der Waals surface area contributed by atoms with Crippen LogP contribution in [0.3, 0.4) is 0 Å². The Hall–Kier alpha value is -1.79. The van der Waals surface area contributed by atoms with Gasteiger partial charge in [0.05, 0.1) is 20.3 Å². The van der Waals surface area contributed by atoms with Crippen molar-refractivity contribution in [2.45, 2.75) is 12.6 Å². The lowest BCUT2D eigenvalue weighted by molar-refractivity contribution is -0.129. The zero-order valence-corrected chi connectivity index (χ0v) is 11.0. The number of rotatable bonds is 4. The Kier molecular flexibility index (Phi) is 4.24. The number of hydrogen-bond donors (Lipinski definition) is 2. The zero-order valence-electron chi connectivity index (χ0n) is 11.0. The maximum absolute atomic E-state index is 11.4. The van der Waals surface area contributed by atoms with Gasteiger partial charge in [0.15, 0.2) is 0 Å². The molecule has 0 saturated carbocycles. The monoisotopic (exact) mass is 265 g/mol. The maximum Gasteiger partial charge on any atom is 0.237 e. The lowest BCUT2D eigenvalue weighted by Gasteiger charge is -2.33. The van der Waals surface area contributed by atoms with Crippen molar-refractivity contribution in [3.8, 4) is 5.75 Å². The number of anilines is 1. The van der Waals surface area contributed by atoms with Gasteiger partial charge in [-0.2, -0.15) is 0 Å². The van der Waals surface area contributed by atoms with Crippen molar-refractivity contribution in [3.05, 3.63) is 23.8 Å². The van der Waals surface area contributed by atoms with Crippen LogP contribution < -0.4 is 16.2 Å². The van der Waals surface area contributed by atoms with E-state index in [0.717, 1.165) is 11.3 Å². The summed E-state index contributed by atoms with van der Waals surface area (Å²) >= 11 is 0. The highest BCUT2D eigenvalue weighted by molar-refractivity contribution is 5.80. The van der Waals surface area contributed by atoms with Crippen molar-refractivity contribution < 1.29 is 14.3 Å². The van der Waals surface area contributed by atoms with Crippen LogP contribution in [0.5, 0.6) is 5.75 Å². The van der Waals surface area contributed by atoms with Crippen molar-refractivity contribution in [1.82, 2.24) is 4.90 Å². The number of carbonyl (C=O) groups is 1. The number of carbonyl (C=O) groups excluding carboxylic acids is 1. The van der Waals surface area contributed by atoms with Crippen molar-refractivity contribution in [3.63, 3.8) is 0 Å². The van der Waals surface area contributed by atoms with E-state index in [9.17, 15) is 4.79 Å². The summed E-state index contributed by atoms with van der Waals surface area (Å²) < 4.78 is 10.6. The minimum Gasteiger partial charge on any atom is -0.496 e. The topological polar surface area (TPSA) is 90.8 Å². The first-order chi connectivity index (χ1) is 9.11. The summed E-state index contributed by atoms with van der Waals surface area (Å²) in [6.07, 6.45) is 0. The molecule has 2 rings (SSSR count). The number of ether oxygens (including phenoxy) is 2. The Morgan fingerprint density at radius 1 is 1.58 bits per heavy atom. The number of hydrogen-bond acceptors (Lipinski definition) is 5. The standard InChI is InChI=1S/C13H19N3O3/c1-18-12-3-2-10(14)6-9(12)7-16-4-5-19-8-11(16)13(15)17/h2-3,6,11H,4-5,7-8,14H2,1H3,(H2,15,17). The number of morpholine rings is 1. The van der Waals surface area contributed by atoms with E-state index in [1.807, 2.05) is 17.0 Å². The highest BCUT2D eigenvalue weighted by atomic mass is 16.5. The second-order valence-corrected chi connectivity index (χ2v) is 4.53. The summed E-state index contributed by atoms with van der Waals surface area (Å²) in [5, 5.41) is 0. The van der Waals surface area contributed by atoms with E-state index in [0.29, 0.717) is 32.0 Å². The number of amides is 1. The molecule has 104 valence electrons. The van der Waals surface area contributed by atoms with E-state index in [1.165, 1.54) is 0 Å². The molecule has 1 aliphatic heterocycles. The predicted octanol–water partition coefficient (Wildman–Crippen LogP) is -0.0365.